The van der Waals surface area contributed by atoms with E-state index in [9.17, 15) is 13.9 Å². The molecule has 0 bridgehead atoms. The highest BCUT2D eigenvalue weighted by Crippen LogP contribution is 2.27. The number of aliphatic hydroxyl groups is 1. The van der Waals surface area contributed by atoms with Crippen molar-refractivity contribution in [3.05, 3.63) is 29.8 Å². The van der Waals surface area contributed by atoms with Gasteiger partial charge in [0.1, 0.15) is 6.10 Å². The second-order valence-electron chi connectivity index (χ2n) is 3.71. The largest absolute Gasteiger partial charge is 0.485 e. The average Bonchev–Trinajstić information content (AvgIpc) is 2.60. The molecule has 1 N–H and O–H groups in total. The van der Waals surface area contributed by atoms with E-state index < -0.39 is 23.8 Å². The number of ether oxygens (including phenoxy) is 1. The summed E-state index contributed by atoms with van der Waals surface area (Å²) in [6.45, 7) is 0. The zero-order chi connectivity index (χ0) is 10.8. The van der Waals surface area contributed by atoms with E-state index in [0.29, 0.717) is 12.8 Å². The molecular weight excluding hydrogens is 202 g/mol. The molecule has 2 atom stereocenters. The van der Waals surface area contributed by atoms with Gasteiger partial charge in [-0.3, -0.25) is 0 Å². The maximum absolute atomic E-state index is 13.2. The summed E-state index contributed by atoms with van der Waals surface area (Å²) in [6, 6.07) is 3.78. The molecular formula is C11H12F2O2. The van der Waals surface area contributed by atoms with Gasteiger partial charge < -0.3 is 9.84 Å². The first-order chi connectivity index (χ1) is 7.18. The summed E-state index contributed by atoms with van der Waals surface area (Å²) < 4.78 is 31.3. The number of benzene rings is 1. The number of halogens is 2. The molecule has 1 aromatic carbocycles. The third-order valence-corrected chi connectivity index (χ3v) is 2.61. The summed E-state index contributed by atoms with van der Waals surface area (Å²) in [5.74, 6) is -2.04. The number of rotatable bonds is 2. The Morgan fingerprint density at radius 3 is 2.73 bits per heavy atom. The molecule has 0 saturated heterocycles. The second kappa shape index (κ2) is 4.14. The molecule has 4 heteroatoms. The molecule has 1 fully saturated rings. The van der Waals surface area contributed by atoms with Crippen molar-refractivity contribution in [2.45, 2.75) is 31.5 Å². The van der Waals surface area contributed by atoms with E-state index in [0.717, 1.165) is 12.5 Å². The molecule has 0 unspecified atom stereocenters. The first-order valence-electron chi connectivity index (χ1n) is 4.97. The first-order valence-corrected chi connectivity index (χ1v) is 4.97. The van der Waals surface area contributed by atoms with Gasteiger partial charge in [0.05, 0.1) is 6.10 Å². The van der Waals surface area contributed by atoms with Gasteiger partial charge in [0, 0.05) is 0 Å². The molecule has 0 aliphatic heterocycles. The van der Waals surface area contributed by atoms with Gasteiger partial charge in [-0.05, 0) is 31.4 Å². The summed E-state index contributed by atoms with van der Waals surface area (Å²) in [4.78, 5) is 0. The van der Waals surface area contributed by atoms with Crippen molar-refractivity contribution in [2.75, 3.05) is 0 Å². The molecule has 0 aromatic heterocycles. The smallest absolute Gasteiger partial charge is 0.200 e. The lowest BCUT2D eigenvalue weighted by molar-refractivity contribution is 0.0574. The van der Waals surface area contributed by atoms with Gasteiger partial charge in [0.2, 0.25) is 5.82 Å². The predicted molar refractivity (Wildman–Crippen MR) is 50.6 cm³/mol. The van der Waals surface area contributed by atoms with Crippen LogP contribution in [-0.4, -0.2) is 17.3 Å². The van der Waals surface area contributed by atoms with E-state index in [1.807, 2.05) is 0 Å². The lowest BCUT2D eigenvalue weighted by Crippen LogP contribution is -2.26. The molecule has 0 heterocycles. The summed E-state index contributed by atoms with van der Waals surface area (Å²) in [5, 5.41) is 9.47. The van der Waals surface area contributed by atoms with Crippen molar-refractivity contribution in [2.24, 2.45) is 0 Å². The minimum Gasteiger partial charge on any atom is -0.485 e. The van der Waals surface area contributed by atoms with Crippen LogP contribution in [0.4, 0.5) is 8.78 Å². The Morgan fingerprint density at radius 2 is 2.07 bits per heavy atom. The number of hydrogen-bond donors (Lipinski definition) is 1. The van der Waals surface area contributed by atoms with Gasteiger partial charge >= 0.3 is 0 Å². The molecule has 1 saturated carbocycles. The fraction of sp³-hybridized carbons (Fsp3) is 0.455. The summed E-state index contributed by atoms with van der Waals surface area (Å²) in [6.07, 6.45) is 1.19. The highest BCUT2D eigenvalue weighted by molar-refractivity contribution is 5.25. The Morgan fingerprint density at radius 1 is 1.27 bits per heavy atom. The highest BCUT2D eigenvalue weighted by Gasteiger charge is 2.27. The van der Waals surface area contributed by atoms with Crippen LogP contribution in [0.15, 0.2) is 18.2 Å². The van der Waals surface area contributed by atoms with E-state index in [-0.39, 0.29) is 5.75 Å². The van der Waals surface area contributed by atoms with Crippen LogP contribution >= 0.6 is 0 Å². The van der Waals surface area contributed by atoms with Gasteiger partial charge in [0.25, 0.3) is 0 Å². The zero-order valence-electron chi connectivity index (χ0n) is 8.12. The van der Waals surface area contributed by atoms with Gasteiger partial charge in [0.15, 0.2) is 11.6 Å². The SMILES string of the molecule is O[C@H]1CCC[C@@H]1Oc1cccc(F)c1F. The Bertz CT molecular complexity index is 354. The fourth-order valence-corrected chi connectivity index (χ4v) is 1.78. The molecule has 82 valence electrons. The van der Waals surface area contributed by atoms with E-state index in [1.165, 1.54) is 12.1 Å². The third kappa shape index (κ3) is 2.09. The van der Waals surface area contributed by atoms with Crippen molar-refractivity contribution in [1.29, 1.82) is 0 Å². The van der Waals surface area contributed by atoms with Gasteiger partial charge in [-0.2, -0.15) is 4.39 Å². The Balaban J connectivity index is 2.13. The van der Waals surface area contributed by atoms with Crippen LogP contribution in [0.25, 0.3) is 0 Å². The van der Waals surface area contributed by atoms with Crippen LogP contribution in [-0.2, 0) is 0 Å². The predicted octanol–water partition coefficient (Wildman–Crippen LogP) is 2.26. The fourth-order valence-electron chi connectivity index (χ4n) is 1.78. The second-order valence-corrected chi connectivity index (χ2v) is 3.71. The number of hydrogen-bond acceptors (Lipinski definition) is 2. The lowest BCUT2D eigenvalue weighted by atomic mass is 10.2. The highest BCUT2D eigenvalue weighted by atomic mass is 19.2. The molecule has 2 rings (SSSR count). The molecule has 2 nitrogen and oxygen atoms in total. The molecule has 0 amide bonds. The lowest BCUT2D eigenvalue weighted by Gasteiger charge is -2.17. The van der Waals surface area contributed by atoms with Crippen molar-refractivity contribution in [3.63, 3.8) is 0 Å². The van der Waals surface area contributed by atoms with E-state index in [2.05, 4.69) is 0 Å². The van der Waals surface area contributed by atoms with Crippen molar-refractivity contribution >= 4 is 0 Å². The van der Waals surface area contributed by atoms with Gasteiger partial charge in [-0.1, -0.05) is 6.07 Å². The van der Waals surface area contributed by atoms with Crippen molar-refractivity contribution in [3.8, 4) is 5.75 Å². The van der Waals surface area contributed by atoms with Gasteiger partial charge in [-0.15, -0.1) is 0 Å². The topological polar surface area (TPSA) is 29.5 Å². The zero-order valence-corrected chi connectivity index (χ0v) is 8.12. The Labute approximate surface area is 86.5 Å². The monoisotopic (exact) mass is 214 g/mol. The standard InChI is InChI=1S/C11H12F2O2/c12-7-3-1-6-10(11(7)13)15-9-5-2-4-8(9)14/h1,3,6,8-9,14H,2,4-5H2/t8-,9-/m0/s1. The molecule has 1 aliphatic carbocycles. The van der Waals surface area contributed by atoms with Crippen LogP contribution in [0.3, 0.4) is 0 Å². The van der Waals surface area contributed by atoms with Crippen LogP contribution in [0.1, 0.15) is 19.3 Å². The minimum absolute atomic E-state index is 0.124. The maximum atomic E-state index is 13.2. The molecule has 15 heavy (non-hydrogen) atoms. The average molecular weight is 214 g/mol. The van der Waals surface area contributed by atoms with Crippen LogP contribution in [0.2, 0.25) is 0 Å². The first kappa shape index (κ1) is 10.4. The normalized spacial score (nSPS) is 25.5. The van der Waals surface area contributed by atoms with Gasteiger partial charge in [-0.25, -0.2) is 4.39 Å². The minimum atomic E-state index is -0.989. The summed E-state index contributed by atoms with van der Waals surface area (Å²) >= 11 is 0. The summed E-state index contributed by atoms with van der Waals surface area (Å²) in [5.41, 5.74) is 0. The van der Waals surface area contributed by atoms with E-state index in [4.69, 9.17) is 4.74 Å². The van der Waals surface area contributed by atoms with Crippen LogP contribution in [0.5, 0.6) is 5.75 Å². The molecule has 0 radical (unpaired) electrons. The van der Waals surface area contributed by atoms with E-state index >= 15 is 0 Å². The van der Waals surface area contributed by atoms with Crippen molar-refractivity contribution < 1.29 is 18.6 Å². The Hall–Kier alpha value is -1.16. The molecule has 1 aliphatic rings. The van der Waals surface area contributed by atoms with Crippen molar-refractivity contribution in [1.82, 2.24) is 0 Å². The summed E-state index contributed by atoms with van der Waals surface area (Å²) in [7, 11) is 0. The molecule has 0 spiro atoms. The quantitative estimate of drug-likeness (QED) is 0.818. The number of aliphatic hydroxyl groups excluding tert-OH is 1. The maximum Gasteiger partial charge on any atom is 0.200 e. The third-order valence-electron chi connectivity index (χ3n) is 2.61. The van der Waals surface area contributed by atoms with E-state index in [1.54, 1.807) is 0 Å². The van der Waals surface area contributed by atoms with Crippen LogP contribution in [0, 0.1) is 11.6 Å². The molecule has 1 aromatic rings. The Kier molecular flexibility index (Phi) is 2.86. The van der Waals surface area contributed by atoms with Crippen LogP contribution < -0.4 is 4.74 Å².